The van der Waals surface area contributed by atoms with Crippen molar-refractivity contribution < 1.29 is 36.2 Å². The molecule has 1 aliphatic heterocycles. The van der Waals surface area contributed by atoms with Crippen molar-refractivity contribution >= 4 is 33.1 Å². The first-order valence-electron chi connectivity index (χ1n) is 13.8. The molecule has 240 valence electrons. The summed E-state index contributed by atoms with van der Waals surface area (Å²) in [6.45, 7) is 3.18. The van der Waals surface area contributed by atoms with Gasteiger partial charge < -0.3 is 15.2 Å². The van der Waals surface area contributed by atoms with Crippen molar-refractivity contribution in [2.75, 3.05) is 5.32 Å². The molecule has 0 spiro atoms. The summed E-state index contributed by atoms with van der Waals surface area (Å²) in [5.41, 5.74) is -0.320. The van der Waals surface area contributed by atoms with E-state index in [1.54, 1.807) is 19.9 Å². The molecule has 2 aromatic carbocycles. The molecule has 3 aromatic heterocycles. The van der Waals surface area contributed by atoms with Gasteiger partial charge in [-0.25, -0.2) is 13.1 Å². The van der Waals surface area contributed by atoms with E-state index in [2.05, 4.69) is 25.3 Å². The number of amides is 1. The summed E-state index contributed by atoms with van der Waals surface area (Å²) < 4.78 is 75.9. The second-order valence-corrected chi connectivity index (χ2v) is 14.2. The van der Waals surface area contributed by atoms with Crippen molar-refractivity contribution in [1.29, 1.82) is 0 Å². The molecule has 4 N–H and O–H groups in total. The summed E-state index contributed by atoms with van der Waals surface area (Å²) in [4.78, 5) is 13.4. The van der Waals surface area contributed by atoms with E-state index in [1.165, 1.54) is 30.3 Å². The first kappa shape index (κ1) is 31.5. The zero-order valence-corrected chi connectivity index (χ0v) is 26.1. The van der Waals surface area contributed by atoms with Crippen molar-refractivity contribution in [2.24, 2.45) is 7.05 Å². The molecule has 4 heterocycles. The summed E-state index contributed by atoms with van der Waals surface area (Å²) in [6, 6.07) is 17.7. The Morgan fingerprint density at radius 2 is 1.83 bits per heavy atom. The minimum atomic E-state index is -4.63. The molecule has 0 saturated carbocycles. The maximum absolute atomic E-state index is 13.6. The lowest BCUT2D eigenvalue weighted by atomic mass is 9.86. The molecule has 0 saturated heterocycles. The SMILES string of the molecule is Cn1nc(-c2ccc(S(=O)(=O)N[C@@H]3c4cc(C(=O)Nc5cc(-c6ccccc6)[nH]n5)ccc4OC(C)(C)[C@H]3O)s2)cc1C(F)(F)F. The molecule has 5 aromatic rings. The van der Waals surface area contributed by atoms with Crippen LogP contribution in [-0.4, -0.2) is 51.1 Å². The number of aliphatic hydroxyl groups excluding tert-OH is 1. The van der Waals surface area contributed by atoms with E-state index < -0.39 is 45.5 Å². The van der Waals surface area contributed by atoms with Crippen LogP contribution in [0.25, 0.3) is 21.8 Å². The van der Waals surface area contributed by atoms with Crippen molar-refractivity contribution in [3.05, 3.63) is 89.6 Å². The van der Waals surface area contributed by atoms with Gasteiger partial charge in [-0.1, -0.05) is 30.3 Å². The number of aryl methyl sites for hydroxylation is 1. The fourth-order valence-electron chi connectivity index (χ4n) is 5.09. The molecule has 16 heteroatoms. The van der Waals surface area contributed by atoms with Gasteiger partial charge in [-0.15, -0.1) is 11.3 Å². The number of nitrogens with zero attached hydrogens (tertiary/aromatic N) is 3. The Bertz CT molecular complexity index is 2040. The van der Waals surface area contributed by atoms with Crippen LogP contribution in [0.1, 0.15) is 41.5 Å². The van der Waals surface area contributed by atoms with Gasteiger partial charge in [0.05, 0.1) is 16.6 Å². The number of ether oxygens (including phenoxy) is 1. The third-order valence-electron chi connectivity index (χ3n) is 7.46. The zero-order chi connectivity index (χ0) is 33.0. The monoisotopic (exact) mass is 672 g/mol. The van der Waals surface area contributed by atoms with Crippen LogP contribution in [0, 0.1) is 0 Å². The third kappa shape index (κ3) is 6.03. The number of rotatable bonds is 7. The highest BCUT2D eigenvalue weighted by atomic mass is 32.2. The number of nitrogens with one attached hydrogen (secondary N) is 3. The minimum absolute atomic E-state index is 0.0395. The maximum Gasteiger partial charge on any atom is 0.433 e. The molecule has 6 rings (SSSR count). The Labute approximate surface area is 265 Å². The minimum Gasteiger partial charge on any atom is -0.485 e. The highest BCUT2D eigenvalue weighted by molar-refractivity contribution is 7.91. The highest BCUT2D eigenvalue weighted by Gasteiger charge is 2.45. The van der Waals surface area contributed by atoms with Crippen LogP contribution in [0.2, 0.25) is 0 Å². The molecule has 1 amide bonds. The predicted octanol–water partition coefficient (Wildman–Crippen LogP) is 5.36. The van der Waals surface area contributed by atoms with Gasteiger partial charge in [0.2, 0.25) is 0 Å². The average Bonchev–Trinajstić information content (AvgIpc) is 3.76. The van der Waals surface area contributed by atoms with Gasteiger partial charge in [-0.2, -0.15) is 23.4 Å². The van der Waals surface area contributed by atoms with Gasteiger partial charge in [0.1, 0.15) is 33.1 Å². The third-order valence-corrected chi connectivity index (χ3v) is 10.5. The Kier molecular flexibility index (Phi) is 7.79. The Hall–Kier alpha value is -4.51. The van der Waals surface area contributed by atoms with Crippen LogP contribution in [0.4, 0.5) is 19.0 Å². The van der Waals surface area contributed by atoms with Gasteiger partial charge in [0.25, 0.3) is 15.9 Å². The van der Waals surface area contributed by atoms with E-state index in [-0.39, 0.29) is 37.5 Å². The molecule has 0 aliphatic carbocycles. The van der Waals surface area contributed by atoms with E-state index in [4.69, 9.17) is 4.74 Å². The number of hydrogen-bond acceptors (Lipinski definition) is 8. The quantitative estimate of drug-likeness (QED) is 0.182. The van der Waals surface area contributed by atoms with Crippen LogP contribution in [0.5, 0.6) is 5.75 Å². The van der Waals surface area contributed by atoms with Crippen molar-refractivity contribution in [3.8, 4) is 27.6 Å². The molecular formula is C30H27F3N6O5S2. The number of thiophene rings is 1. The number of sulfonamides is 1. The average molecular weight is 673 g/mol. The number of benzene rings is 2. The van der Waals surface area contributed by atoms with Gasteiger partial charge in [0, 0.05) is 24.2 Å². The number of hydrogen-bond donors (Lipinski definition) is 4. The van der Waals surface area contributed by atoms with E-state index in [0.717, 1.165) is 30.0 Å². The zero-order valence-electron chi connectivity index (χ0n) is 24.5. The number of aromatic nitrogens is 4. The fourth-order valence-corrected chi connectivity index (χ4v) is 7.59. The summed E-state index contributed by atoms with van der Waals surface area (Å²) in [7, 11) is -3.18. The van der Waals surface area contributed by atoms with Crippen LogP contribution >= 0.6 is 11.3 Å². The summed E-state index contributed by atoms with van der Waals surface area (Å²) in [5, 5.41) is 24.8. The Morgan fingerprint density at radius 3 is 2.52 bits per heavy atom. The van der Waals surface area contributed by atoms with Gasteiger partial charge in [-0.05, 0) is 55.8 Å². The molecule has 46 heavy (non-hydrogen) atoms. The van der Waals surface area contributed by atoms with Gasteiger partial charge in [0.15, 0.2) is 5.82 Å². The largest absolute Gasteiger partial charge is 0.485 e. The lowest BCUT2D eigenvalue weighted by molar-refractivity contribution is -0.143. The van der Waals surface area contributed by atoms with Gasteiger partial charge in [-0.3, -0.25) is 14.6 Å². The summed E-state index contributed by atoms with van der Waals surface area (Å²) >= 11 is 0.726. The van der Waals surface area contributed by atoms with E-state index in [1.807, 2.05) is 30.3 Å². The van der Waals surface area contributed by atoms with E-state index in [9.17, 15) is 31.5 Å². The fraction of sp³-hybridized carbons (Fsp3) is 0.233. The number of H-pyrrole nitrogens is 1. The Balaban J connectivity index is 1.26. The smallest absolute Gasteiger partial charge is 0.433 e. The number of alkyl halides is 3. The van der Waals surface area contributed by atoms with Gasteiger partial charge >= 0.3 is 6.18 Å². The number of carbonyl (C=O) groups excluding carboxylic acids is 1. The van der Waals surface area contributed by atoms with Crippen molar-refractivity contribution in [3.63, 3.8) is 0 Å². The highest BCUT2D eigenvalue weighted by Crippen LogP contribution is 2.42. The second kappa shape index (κ2) is 11.4. The van der Waals surface area contributed by atoms with Crippen LogP contribution in [0.3, 0.4) is 0 Å². The molecule has 2 atom stereocenters. The molecule has 11 nitrogen and oxygen atoms in total. The topological polar surface area (TPSA) is 151 Å². The number of carbonyl (C=O) groups is 1. The van der Waals surface area contributed by atoms with Crippen molar-refractivity contribution in [2.45, 2.75) is 42.0 Å². The first-order chi connectivity index (χ1) is 21.6. The van der Waals surface area contributed by atoms with Crippen LogP contribution in [-0.2, 0) is 23.2 Å². The molecule has 0 fully saturated rings. The predicted molar refractivity (Wildman–Crippen MR) is 164 cm³/mol. The Morgan fingerprint density at radius 1 is 1.09 bits per heavy atom. The number of halogens is 3. The number of anilines is 1. The lowest BCUT2D eigenvalue weighted by Gasteiger charge is -2.42. The normalized spacial score (nSPS) is 17.7. The second-order valence-electron chi connectivity index (χ2n) is 11.1. The number of fused-ring (bicyclic) bond motifs is 1. The maximum atomic E-state index is 13.6. The number of aliphatic hydroxyl groups is 1. The molecule has 0 bridgehead atoms. The molecule has 0 radical (unpaired) electrons. The summed E-state index contributed by atoms with van der Waals surface area (Å²) in [6.07, 6.45) is -6.02. The standard InChI is InChI=1S/C30H27F3N6O5S2/c1-29(2)27(40)26(38-46(42,43)25-12-11-22(45-25)20-14-23(30(31,32)33)39(3)37-20)18-13-17(9-10-21(18)44-29)28(41)34-24-15-19(35-36-24)16-7-5-4-6-8-16/h4-15,26-27,38,40H,1-3H3,(H2,34,35,36,41)/t26-,27+/m1/s1. The van der Waals surface area contributed by atoms with Crippen LogP contribution in [0.15, 0.2) is 77.0 Å². The van der Waals surface area contributed by atoms with E-state index in [0.29, 0.717) is 10.4 Å². The molecular weight excluding hydrogens is 645 g/mol. The number of aromatic amines is 1. The summed E-state index contributed by atoms with van der Waals surface area (Å²) in [5.74, 6) is -0.0166. The molecule has 0 unspecified atom stereocenters. The van der Waals surface area contributed by atoms with E-state index >= 15 is 0 Å². The van der Waals surface area contributed by atoms with Crippen molar-refractivity contribution in [1.82, 2.24) is 24.7 Å². The van der Waals surface area contributed by atoms with Crippen LogP contribution < -0.4 is 14.8 Å². The molecule has 1 aliphatic rings. The lowest BCUT2D eigenvalue weighted by Crippen LogP contribution is -2.53. The first-order valence-corrected chi connectivity index (χ1v) is 16.1.